The summed E-state index contributed by atoms with van der Waals surface area (Å²) in [6, 6.07) is 26.0. The van der Waals surface area contributed by atoms with Crippen molar-refractivity contribution in [2.45, 2.75) is 362 Å². The van der Waals surface area contributed by atoms with Gasteiger partial charge in [0.15, 0.2) is 0 Å². The van der Waals surface area contributed by atoms with Crippen LogP contribution in [-0.2, 0) is 9.59 Å². The van der Waals surface area contributed by atoms with Gasteiger partial charge in [-0.15, -0.1) is 45.3 Å². The van der Waals surface area contributed by atoms with Crippen LogP contribution in [0.25, 0.3) is 42.0 Å². The van der Waals surface area contributed by atoms with Gasteiger partial charge in [-0.3, -0.25) is 9.59 Å². The molecule has 5 aromatic rings. The normalized spacial score (nSPS) is 15.2. The molecule has 9 rings (SSSR count). The van der Waals surface area contributed by atoms with E-state index < -0.39 is 16.1 Å². The molecule has 0 saturated heterocycles. The maximum atomic E-state index is 15.7. The van der Waals surface area contributed by atoms with E-state index in [1.165, 1.54) is 301 Å². The Hall–Kier alpha value is -3.13. The minimum Gasteiger partial charge on any atom is -0.306 e. The highest BCUT2D eigenvalue weighted by molar-refractivity contribution is 7.27. The van der Waals surface area contributed by atoms with Crippen LogP contribution in [-0.4, -0.2) is 50.9 Å². The highest BCUT2D eigenvalue weighted by atomic mass is 32.1. The van der Waals surface area contributed by atoms with E-state index in [4.69, 9.17) is 0 Å². The molecule has 2 amide bonds. The van der Waals surface area contributed by atoms with E-state index in [1.807, 2.05) is 21.7 Å². The summed E-state index contributed by atoms with van der Waals surface area (Å²) in [5, 5.41) is 7.21. The summed E-state index contributed by atoms with van der Waals surface area (Å²) in [6.45, 7) is 19.9. The molecule has 0 N–H and O–H groups in total. The Labute approximate surface area is 605 Å². The zero-order chi connectivity index (χ0) is 67.5. The SMILES string of the molecule is CCCCCCCCCCCCN1C(=O)C2=C(c3ccc(-c4cc5c(s4)-c4cc6c(cc4[Si]5(CCCCCCCC)CCCCCCCC)-c4sc(C)cc4[Si]6(CCCCCCCC)CCCCCCCC)s3)N(CCCCCCCCCCCC)C(=O)C2=C1c1ccc(C)s1. The van der Waals surface area contributed by atoms with Gasteiger partial charge >= 0.3 is 0 Å². The number of carbonyl (C=O) groups is 2. The predicted octanol–water partition coefficient (Wildman–Crippen LogP) is 26.4. The number of nitrogens with zero attached hydrogens (tertiary/aromatic N) is 2. The molecule has 530 valence electrons. The molecule has 0 unspecified atom stereocenters. The number of hydrogen-bond acceptors (Lipinski definition) is 6. The molecule has 4 nitrogen and oxygen atoms in total. The molecule has 0 saturated carbocycles. The largest absolute Gasteiger partial charge is 0.306 e. The van der Waals surface area contributed by atoms with Crippen molar-refractivity contribution in [3.05, 3.63) is 79.2 Å². The summed E-state index contributed by atoms with van der Waals surface area (Å²) in [7, 11) is -4.37. The molecule has 0 bridgehead atoms. The first-order valence-electron chi connectivity index (χ1n) is 40.9. The highest BCUT2D eigenvalue weighted by Gasteiger charge is 2.52. The maximum Gasteiger partial charge on any atom is 0.261 e. The van der Waals surface area contributed by atoms with Crippen molar-refractivity contribution in [3.63, 3.8) is 0 Å². The lowest BCUT2D eigenvalue weighted by molar-refractivity contribution is -0.124. The van der Waals surface area contributed by atoms with Crippen LogP contribution < -0.4 is 20.7 Å². The lowest BCUT2D eigenvalue weighted by atomic mass is 10.1. The van der Waals surface area contributed by atoms with Crippen LogP contribution in [0.1, 0.15) is 344 Å². The van der Waals surface area contributed by atoms with E-state index in [0.29, 0.717) is 24.2 Å². The Kier molecular flexibility index (Phi) is 32.5. The fourth-order valence-corrected chi connectivity index (χ4v) is 34.3. The van der Waals surface area contributed by atoms with Crippen molar-refractivity contribution >= 4 is 105 Å². The van der Waals surface area contributed by atoms with Gasteiger partial charge in [0.25, 0.3) is 11.8 Å². The average molecular weight is 1410 g/mol. The second-order valence-corrected chi connectivity index (χ2v) is 43.6. The van der Waals surface area contributed by atoms with Gasteiger partial charge in [0.05, 0.1) is 32.3 Å². The number of aryl methyl sites for hydroxylation is 2. The Morgan fingerprint density at radius 2 is 0.604 bits per heavy atom. The van der Waals surface area contributed by atoms with Gasteiger partial charge in [0.1, 0.15) is 16.1 Å². The minimum atomic E-state index is -2.27. The quantitative estimate of drug-likeness (QED) is 0.0288. The molecule has 4 aliphatic heterocycles. The lowest BCUT2D eigenvalue weighted by Gasteiger charge is -2.32. The molecule has 0 radical (unpaired) electrons. The number of fused-ring (bicyclic) bond motifs is 7. The van der Waals surface area contributed by atoms with Gasteiger partial charge in [0.2, 0.25) is 0 Å². The second kappa shape index (κ2) is 40.5. The van der Waals surface area contributed by atoms with E-state index in [0.717, 1.165) is 46.8 Å². The summed E-state index contributed by atoms with van der Waals surface area (Å²) in [5.74, 6) is 0.0878. The van der Waals surface area contributed by atoms with Gasteiger partial charge in [-0.25, -0.2) is 0 Å². The summed E-state index contributed by atoms with van der Waals surface area (Å²) < 4.78 is 0. The average Bonchev–Trinajstić information content (AvgIpc) is 1.56. The highest BCUT2D eigenvalue weighted by Crippen LogP contribution is 2.52. The van der Waals surface area contributed by atoms with Gasteiger partial charge in [-0.2, -0.15) is 0 Å². The smallest absolute Gasteiger partial charge is 0.261 e. The van der Waals surface area contributed by atoms with Crippen molar-refractivity contribution in [2.24, 2.45) is 0 Å². The van der Waals surface area contributed by atoms with Crippen LogP contribution in [0.5, 0.6) is 0 Å². The Morgan fingerprint density at radius 3 is 0.969 bits per heavy atom. The number of amides is 2. The molecular formula is C86H132N2O2S4Si2. The minimum absolute atomic E-state index is 0.0439. The zero-order valence-corrected chi connectivity index (χ0v) is 67.6. The fourth-order valence-electron chi connectivity index (χ4n) is 17.4. The van der Waals surface area contributed by atoms with Gasteiger partial charge in [-0.1, -0.05) is 323 Å². The maximum absolute atomic E-state index is 15.7. The molecular weight excluding hydrogens is 1280 g/mol. The van der Waals surface area contributed by atoms with Crippen LogP contribution in [0.2, 0.25) is 24.2 Å². The van der Waals surface area contributed by atoms with Crippen molar-refractivity contribution in [2.75, 3.05) is 13.1 Å². The molecule has 4 aromatic heterocycles. The van der Waals surface area contributed by atoms with Crippen molar-refractivity contribution < 1.29 is 9.59 Å². The summed E-state index contributed by atoms with van der Waals surface area (Å²) in [6.07, 6.45) is 57.5. The first-order valence-corrected chi connectivity index (χ1v) is 49.0. The number of hydrogen-bond donors (Lipinski definition) is 0. The number of rotatable bonds is 53. The molecule has 96 heavy (non-hydrogen) atoms. The number of unbranched alkanes of at least 4 members (excludes halogenated alkanes) is 38. The molecule has 10 heteroatoms. The van der Waals surface area contributed by atoms with Crippen molar-refractivity contribution in [1.82, 2.24) is 9.80 Å². The van der Waals surface area contributed by atoms with Gasteiger partial charge in [0, 0.05) is 42.4 Å². The monoisotopic (exact) mass is 1410 g/mol. The summed E-state index contributed by atoms with van der Waals surface area (Å²) >= 11 is 7.88. The molecule has 0 fully saturated rings. The first-order chi connectivity index (χ1) is 47.1. The predicted molar refractivity (Wildman–Crippen MR) is 434 cm³/mol. The third-order valence-corrected chi connectivity index (χ3v) is 38.3. The lowest BCUT2D eigenvalue weighted by Crippen LogP contribution is -2.56. The molecule has 8 heterocycles. The van der Waals surface area contributed by atoms with Crippen molar-refractivity contribution in [1.29, 1.82) is 0 Å². The van der Waals surface area contributed by atoms with E-state index in [-0.39, 0.29) is 11.8 Å². The van der Waals surface area contributed by atoms with Crippen LogP contribution in [0.4, 0.5) is 0 Å². The van der Waals surface area contributed by atoms with Crippen LogP contribution in [0.3, 0.4) is 0 Å². The zero-order valence-electron chi connectivity index (χ0n) is 62.3. The molecule has 4 aliphatic rings. The molecule has 0 spiro atoms. The number of carbonyl (C=O) groups excluding carboxylic acids is 2. The van der Waals surface area contributed by atoms with Crippen LogP contribution >= 0.6 is 45.3 Å². The molecule has 1 aromatic carbocycles. The van der Waals surface area contributed by atoms with E-state index >= 15 is 9.59 Å². The second-order valence-electron chi connectivity index (χ2n) is 30.4. The van der Waals surface area contributed by atoms with Gasteiger partial charge < -0.3 is 9.80 Å². The third-order valence-electron chi connectivity index (χ3n) is 22.8. The number of benzene rings is 1. The standard InChI is InChI=1S/C86H132N2O2S4Si2/c1-9-15-21-27-33-35-37-39-41-47-57-87-81(72-54-53-67(7)91-72)79-80(86(87)90)82(88(85(79)89)58-48-42-40-38-36-34-28-22-16-10-2)73-56-55-71(93-73)74-66-78-84(94-74)70-65-75-69(64-76(70)96(78,61-51-45-31-25-19-13-5)62-52-46-32-26-20-14-6)83-77(63-68(8)92-83)95(75,59-49-43-29-23-17-11-3)60-50-44-30-24-18-12-4/h53-56,63-66H,9-52,57-62H2,1-8H3. The summed E-state index contributed by atoms with van der Waals surface area (Å²) in [4.78, 5) is 46.4. The number of thiophene rings is 4. The van der Waals surface area contributed by atoms with E-state index in [2.05, 4.69) is 136 Å². The van der Waals surface area contributed by atoms with Crippen LogP contribution in [0, 0.1) is 13.8 Å². The van der Waals surface area contributed by atoms with E-state index in [1.54, 1.807) is 42.6 Å². The van der Waals surface area contributed by atoms with Gasteiger partial charge in [-0.05, 0) is 119 Å². The third kappa shape index (κ3) is 19.3. The van der Waals surface area contributed by atoms with Crippen LogP contribution in [0.15, 0.2) is 59.7 Å². The molecule has 0 aliphatic carbocycles. The topological polar surface area (TPSA) is 40.6 Å². The fraction of sp³-hybridized carbons (Fsp3) is 0.674. The summed E-state index contributed by atoms with van der Waals surface area (Å²) in [5.41, 5.74) is 6.44. The molecule has 0 atom stereocenters. The first kappa shape index (κ1) is 77.0. The van der Waals surface area contributed by atoms with Crippen molar-refractivity contribution in [3.8, 4) is 30.6 Å². The Bertz CT molecular complexity index is 3210. The van der Waals surface area contributed by atoms with E-state index in [9.17, 15) is 0 Å². The Morgan fingerprint density at radius 1 is 0.292 bits per heavy atom. The Balaban J connectivity index is 1.11.